The van der Waals surface area contributed by atoms with E-state index in [1.165, 1.54) is 41.7 Å². The topological polar surface area (TPSA) is 38.7 Å². The van der Waals surface area contributed by atoms with Crippen LogP contribution < -0.4 is 0 Å². The first kappa shape index (κ1) is 22.1. The molecule has 0 bridgehead atoms. The Morgan fingerprint density at radius 3 is 1.92 bits per heavy atom. The minimum Gasteiger partial charge on any atom is -0.208 e. The van der Waals surface area contributed by atoms with E-state index in [9.17, 15) is 0 Å². The SMILES string of the molecule is c1ccc(-c2nc(-c3ccc4ccc5ccccc5c4c3)nc(-c3cccc4sc5ccccc5c34)n2)cc1. The minimum atomic E-state index is 0.671. The molecule has 0 aliphatic heterocycles. The molecule has 0 radical (unpaired) electrons. The van der Waals surface area contributed by atoms with Crippen LogP contribution in [0.1, 0.15) is 0 Å². The van der Waals surface area contributed by atoms with Crippen LogP contribution in [0.4, 0.5) is 0 Å². The molecule has 0 N–H and O–H groups in total. The first-order valence-corrected chi connectivity index (χ1v) is 13.8. The Morgan fingerprint density at radius 1 is 0.410 bits per heavy atom. The van der Waals surface area contributed by atoms with Crippen molar-refractivity contribution < 1.29 is 0 Å². The summed E-state index contributed by atoms with van der Waals surface area (Å²) < 4.78 is 2.49. The van der Waals surface area contributed by atoms with Gasteiger partial charge in [0.25, 0.3) is 0 Å². The van der Waals surface area contributed by atoms with E-state index in [1.54, 1.807) is 11.3 Å². The standard InChI is InChI=1S/C35H21N3S/c1-2-10-24(11-3-1)33-36-34(25-20-19-23-18-17-22-9-4-5-12-26(22)29(23)21-25)38-35(37-33)28-14-8-16-31-32(28)27-13-6-7-15-30(27)39-31/h1-21H. The predicted octanol–water partition coefficient (Wildman–Crippen LogP) is 9.55. The number of rotatable bonds is 3. The molecule has 8 aromatic rings. The van der Waals surface area contributed by atoms with E-state index in [-0.39, 0.29) is 0 Å². The molecule has 39 heavy (non-hydrogen) atoms. The fourth-order valence-corrected chi connectivity index (χ4v) is 6.58. The van der Waals surface area contributed by atoms with Crippen molar-refractivity contribution in [2.24, 2.45) is 0 Å². The lowest BCUT2D eigenvalue weighted by Crippen LogP contribution is -2.00. The van der Waals surface area contributed by atoms with Gasteiger partial charge in [0.2, 0.25) is 0 Å². The monoisotopic (exact) mass is 515 g/mol. The van der Waals surface area contributed by atoms with Gasteiger partial charge in [-0.1, -0.05) is 109 Å². The Bertz CT molecular complexity index is 2180. The first-order valence-electron chi connectivity index (χ1n) is 13.0. The van der Waals surface area contributed by atoms with E-state index in [4.69, 9.17) is 15.0 Å². The normalized spacial score (nSPS) is 11.6. The van der Waals surface area contributed by atoms with Gasteiger partial charge >= 0.3 is 0 Å². The van der Waals surface area contributed by atoms with Crippen LogP contribution >= 0.6 is 11.3 Å². The summed E-state index contributed by atoms with van der Waals surface area (Å²) in [6.07, 6.45) is 0. The van der Waals surface area contributed by atoms with Crippen LogP contribution in [-0.2, 0) is 0 Å². The number of aromatic nitrogens is 3. The summed E-state index contributed by atoms with van der Waals surface area (Å²) in [5, 5.41) is 7.26. The van der Waals surface area contributed by atoms with Gasteiger partial charge in [-0.15, -0.1) is 11.3 Å². The van der Waals surface area contributed by atoms with Crippen molar-refractivity contribution in [2.75, 3.05) is 0 Å². The van der Waals surface area contributed by atoms with Gasteiger partial charge in [0.1, 0.15) is 0 Å². The summed E-state index contributed by atoms with van der Waals surface area (Å²) in [5.74, 6) is 2.03. The average Bonchev–Trinajstić information content (AvgIpc) is 3.40. The number of nitrogens with zero attached hydrogens (tertiary/aromatic N) is 3. The van der Waals surface area contributed by atoms with Crippen LogP contribution in [0.3, 0.4) is 0 Å². The third-order valence-corrected chi connectivity index (χ3v) is 8.45. The molecule has 4 heteroatoms. The highest BCUT2D eigenvalue weighted by molar-refractivity contribution is 7.25. The fourth-order valence-electron chi connectivity index (χ4n) is 5.44. The van der Waals surface area contributed by atoms with E-state index >= 15 is 0 Å². The second kappa shape index (κ2) is 8.83. The molecule has 0 spiro atoms. The van der Waals surface area contributed by atoms with Crippen molar-refractivity contribution in [3.63, 3.8) is 0 Å². The van der Waals surface area contributed by atoms with E-state index in [2.05, 4.69) is 109 Å². The van der Waals surface area contributed by atoms with Gasteiger partial charge < -0.3 is 0 Å². The third-order valence-electron chi connectivity index (χ3n) is 7.32. The number of hydrogen-bond donors (Lipinski definition) is 0. The molecular weight excluding hydrogens is 494 g/mol. The molecule has 0 saturated heterocycles. The molecule has 182 valence electrons. The highest BCUT2D eigenvalue weighted by Gasteiger charge is 2.17. The number of fused-ring (bicyclic) bond motifs is 6. The summed E-state index contributed by atoms with van der Waals surface area (Å²) in [6.45, 7) is 0. The first-order chi connectivity index (χ1) is 19.3. The van der Waals surface area contributed by atoms with Crippen molar-refractivity contribution in [3.8, 4) is 34.2 Å². The zero-order valence-electron chi connectivity index (χ0n) is 20.9. The van der Waals surface area contributed by atoms with Crippen LogP contribution in [0, 0.1) is 0 Å². The summed E-state index contributed by atoms with van der Waals surface area (Å²) in [5.41, 5.74) is 2.97. The van der Waals surface area contributed by atoms with Crippen molar-refractivity contribution in [2.45, 2.75) is 0 Å². The van der Waals surface area contributed by atoms with Crippen molar-refractivity contribution >= 4 is 53.1 Å². The number of hydrogen-bond acceptors (Lipinski definition) is 4. The van der Waals surface area contributed by atoms with Gasteiger partial charge in [-0.2, -0.15) is 0 Å². The molecule has 0 aliphatic carbocycles. The fraction of sp³-hybridized carbons (Fsp3) is 0. The second-order valence-electron chi connectivity index (χ2n) is 9.67. The Kier molecular flexibility index (Phi) is 5.00. The lowest BCUT2D eigenvalue weighted by atomic mass is 9.99. The van der Waals surface area contributed by atoms with E-state index in [0.29, 0.717) is 17.5 Å². The van der Waals surface area contributed by atoms with Gasteiger partial charge in [-0.05, 0) is 39.7 Å². The second-order valence-corrected chi connectivity index (χ2v) is 10.8. The van der Waals surface area contributed by atoms with E-state index < -0.39 is 0 Å². The zero-order valence-corrected chi connectivity index (χ0v) is 21.7. The van der Waals surface area contributed by atoms with Crippen molar-refractivity contribution in [1.82, 2.24) is 15.0 Å². The Labute approximate surface area is 229 Å². The molecule has 0 atom stereocenters. The van der Waals surface area contributed by atoms with Crippen LogP contribution in [0.5, 0.6) is 0 Å². The van der Waals surface area contributed by atoms with E-state index in [0.717, 1.165) is 16.7 Å². The molecule has 6 aromatic carbocycles. The molecule has 0 aliphatic rings. The van der Waals surface area contributed by atoms with Gasteiger partial charge in [-0.3, -0.25) is 0 Å². The quantitative estimate of drug-likeness (QED) is 0.220. The largest absolute Gasteiger partial charge is 0.208 e. The van der Waals surface area contributed by atoms with Crippen LogP contribution in [0.2, 0.25) is 0 Å². The van der Waals surface area contributed by atoms with Gasteiger partial charge in [-0.25, -0.2) is 15.0 Å². The molecule has 3 nitrogen and oxygen atoms in total. The van der Waals surface area contributed by atoms with E-state index in [1.807, 2.05) is 18.2 Å². The van der Waals surface area contributed by atoms with Crippen LogP contribution in [0.25, 0.3) is 75.9 Å². The molecule has 0 amide bonds. The Morgan fingerprint density at radius 2 is 1.05 bits per heavy atom. The zero-order chi connectivity index (χ0) is 25.8. The Balaban J connectivity index is 1.41. The molecule has 0 saturated carbocycles. The van der Waals surface area contributed by atoms with Gasteiger partial charge in [0, 0.05) is 36.9 Å². The number of benzene rings is 6. The maximum atomic E-state index is 5.11. The summed E-state index contributed by atoms with van der Waals surface area (Å²) in [4.78, 5) is 15.1. The Hall–Kier alpha value is -4.93. The van der Waals surface area contributed by atoms with Crippen molar-refractivity contribution in [3.05, 3.63) is 127 Å². The average molecular weight is 516 g/mol. The molecule has 0 unspecified atom stereocenters. The molecule has 0 fully saturated rings. The maximum Gasteiger partial charge on any atom is 0.164 e. The van der Waals surface area contributed by atoms with Gasteiger partial charge in [0.05, 0.1) is 0 Å². The van der Waals surface area contributed by atoms with Crippen LogP contribution in [0.15, 0.2) is 127 Å². The smallest absolute Gasteiger partial charge is 0.164 e. The van der Waals surface area contributed by atoms with Crippen molar-refractivity contribution in [1.29, 1.82) is 0 Å². The summed E-state index contributed by atoms with van der Waals surface area (Å²) in [6, 6.07) is 44.5. The molecule has 2 aromatic heterocycles. The summed E-state index contributed by atoms with van der Waals surface area (Å²) >= 11 is 1.80. The highest BCUT2D eigenvalue weighted by Crippen LogP contribution is 2.39. The molecule has 2 heterocycles. The summed E-state index contributed by atoms with van der Waals surface area (Å²) in [7, 11) is 0. The lowest BCUT2D eigenvalue weighted by Gasteiger charge is -2.11. The van der Waals surface area contributed by atoms with Gasteiger partial charge in [0.15, 0.2) is 17.5 Å². The maximum absolute atomic E-state index is 5.11. The minimum absolute atomic E-state index is 0.671. The molecular formula is C35H21N3S. The predicted molar refractivity (Wildman–Crippen MR) is 164 cm³/mol. The molecule has 8 rings (SSSR count). The highest BCUT2D eigenvalue weighted by atomic mass is 32.1. The number of thiophene rings is 1. The third kappa shape index (κ3) is 3.69. The lowest BCUT2D eigenvalue weighted by molar-refractivity contribution is 1.08. The van der Waals surface area contributed by atoms with Crippen LogP contribution in [-0.4, -0.2) is 15.0 Å².